The Kier molecular flexibility index (Phi) is 8.12. The second-order valence-electron chi connectivity index (χ2n) is 2.52. The summed E-state index contributed by atoms with van der Waals surface area (Å²) < 4.78 is 9.89. The molecule has 0 aliphatic rings. The summed E-state index contributed by atoms with van der Waals surface area (Å²) in [5.41, 5.74) is 0. The van der Waals surface area contributed by atoms with E-state index in [-0.39, 0.29) is 5.97 Å². The van der Waals surface area contributed by atoms with Crippen LogP contribution in [0.3, 0.4) is 0 Å². The third-order valence-electron chi connectivity index (χ3n) is 1.43. The fraction of sp³-hybridized carbons (Fsp3) is 0.889. The molecule has 0 atom stereocenters. The summed E-state index contributed by atoms with van der Waals surface area (Å²) in [5.74, 6) is -0.114. The Morgan fingerprint density at radius 1 is 1.25 bits per heavy atom. The first-order valence-corrected chi connectivity index (χ1v) is 4.54. The minimum Gasteiger partial charge on any atom is -0.463 e. The van der Waals surface area contributed by atoms with Crippen molar-refractivity contribution in [3.05, 3.63) is 0 Å². The summed E-state index contributed by atoms with van der Waals surface area (Å²) in [6, 6.07) is 0. The first kappa shape index (κ1) is 11.4. The van der Waals surface area contributed by atoms with Gasteiger partial charge in [0.1, 0.15) is 6.61 Å². The molecule has 0 unspecified atom stereocenters. The van der Waals surface area contributed by atoms with Crippen molar-refractivity contribution in [3.8, 4) is 0 Å². The van der Waals surface area contributed by atoms with Crippen LogP contribution in [-0.2, 0) is 14.3 Å². The number of hydrogen-bond donors (Lipinski definition) is 0. The van der Waals surface area contributed by atoms with Crippen LogP contribution in [0.15, 0.2) is 0 Å². The molecule has 0 amide bonds. The molecule has 72 valence electrons. The highest BCUT2D eigenvalue weighted by Gasteiger charge is 2.00. The smallest absolute Gasteiger partial charge is 0.305 e. The molecule has 0 bridgehead atoms. The van der Waals surface area contributed by atoms with E-state index in [0.717, 1.165) is 12.8 Å². The fourth-order valence-electron chi connectivity index (χ4n) is 0.752. The van der Waals surface area contributed by atoms with Crippen molar-refractivity contribution in [2.45, 2.75) is 33.1 Å². The minimum atomic E-state index is -0.114. The van der Waals surface area contributed by atoms with E-state index in [0.29, 0.717) is 26.2 Å². The van der Waals surface area contributed by atoms with E-state index in [4.69, 9.17) is 9.47 Å². The molecule has 0 rings (SSSR count). The van der Waals surface area contributed by atoms with Crippen molar-refractivity contribution in [3.63, 3.8) is 0 Å². The van der Waals surface area contributed by atoms with E-state index in [2.05, 4.69) is 0 Å². The predicted octanol–water partition coefficient (Wildman–Crippen LogP) is 1.76. The molecule has 0 saturated carbocycles. The van der Waals surface area contributed by atoms with E-state index in [9.17, 15) is 4.79 Å². The van der Waals surface area contributed by atoms with Gasteiger partial charge in [-0.15, -0.1) is 0 Å². The molecular weight excluding hydrogens is 156 g/mol. The number of carbonyl (C=O) groups excluding carboxylic acids is 1. The molecule has 0 aromatic rings. The molecule has 12 heavy (non-hydrogen) atoms. The van der Waals surface area contributed by atoms with Gasteiger partial charge in [-0.3, -0.25) is 4.79 Å². The van der Waals surface area contributed by atoms with Crippen molar-refractivity contribution in [1.82, 2.24) is 0 Å². The molecule has 0 aromatic carbocycles. The fourth-order valence-corrected chi connectivity index (χ4v) is 0.752. The van der Waals surface area contributed by atoms with Crippen molar-refractivity contribution in [1.29, 1.82) is 0 Å². The lowest BCUT2D eigenvalue weighted by atomic mass is 10.2. The third-order valence-corrected chi connectivity index (χ3v) is 1.43. The van der Waals surface area contributed by atoms with E-state index in [1.165, 1.54) is 0 Å². The SMILES string of the molecule is CCCCC(=O)OCCOCC. The number of unbranched alkanes of at least 4 members (excludes halogenated alkanes) is 1. The number of rotatable bonds is 7. The quantitative estimate of drug-likeness (QED) is 0.436. The van der Waals surface area contributed by atoms with Gasteiger partial charge in [-0.05, 0) is 13.3 Å². The van der Waals surface area contributed by atoms with Gasteiger partial charge in [0.05, 0.1) is 6.61 Å². The van der Waals surface area contributed by atoms with Crippen LogP contribution < -0.4 is 0 Å². The zero-order valence-corrected chi connectivity index (χ0v) is 7.97. The number of carbonyl (C=O) groups is 1. The van der Waals surface area contributed by atoms with Gasteiger partial charge < -0.3 is 9.47 Å². The Hall–Kier alpha value is -0.570. The molecule has 0 saturated heterocycles. The highest BCUT2D eigenvalue weighted by Crippen LogP contribution is 1.95. The maximum atomic E-state index is 10.9. The Balaban J connectivity index is 3.08. The largest absolute Gasteiger partial charge is 0.463 e. The molecule has 0 N–H and O–H groups in total. The molecule has 0 heterocycles. The van der Waals surface area contributed by atoms with Crippen molar-refractivity contribution >= 4 is 5.97 Å². The second kappa shape index (κ2) is 8.53. The van der Waals surface area contributed by atoms with Crippen LogP contribution >= 0.6 is 0 Å². The Bertz CT molecular complexity index is 112. The second-order valence-corrected chi connectivity index (χ2v) is 2.52. The average Bonchev–Trinajstić information content (AvgIpc) is 2.09. The van der Waals surface area contributed by atoms with Crippen LogP contribution in [0.25, 0.3) is 0 Å². The molecule has 0 fully saturated rings. The van der Waals surface area contributed by atoms with Crippen LogP contribution in [0.5, 0.6) is 0 Å². The van der Waals surface area contributed by atoms with Gasteiger partial charge >= 0.3 is 5.97 Å². The van der Waals surface area contributed by atoms with E-state index in [1.807, 2.05) is 13.8 Å². The summed E-state index contributed by atoms with van der Waals surface area (Å²) >= 11 is 0. The van der Waals surface area contributed by atoms with Crippen LogP contribution in [0, 0.1) is 0 Å². The topological polar surface area (TPSA) is 35.5 Å². The number of hydrogen-bond acceptors (Lipinski definition) is 3. The minimum absolute atomic E-state index is 0.114. The molecule has 3 heteroatoms. The van der Waals surface area contributed by atoms with Gasteiger partial charge in [-0.1, -0.05) is 13.3 Å². The molecule has 0 radical (unpaired) electrons. The molecule has 0 aliphatic carbocycles. The van der Waals surface area contributed by atoms with Crippen LogP contribution in [-0.4, -0.2) is 25.8 Å². The predicted molar refractivity (Wildman–Crippen MR) is 47.0 cm³/mol. The Morgan fingerprint density at radius 2 is 2.00 bits per heavy atom. The van der Waals surface area contributed by atoms with Gasteiger partial charge in [-0.25, -0.2) is 0 Å². The lowest BCUT2D eigenvalue weighted by Gasteiger charge is -2.03. The Morgan fingerprint density at radius 3 is 2.58 bits per heavy atom. The van der Waals surface area contributed by atoms with Gasteiger partial charge in [0, 0.05) is 13.0 Å². The van der Waals surface area contributed by atoms with Crippen LogP contribution in [0.4, 0.5) is 0 Å². The first-order chi connectivity index (χ1) is 5.81. The highest BCUT2D eigenvalue weighted by atomic mass is 16.6. The van der Waals surface area contributed by atoms with E-state index < -0.39 is 0 Å². The van der Waals surface area contributed by atoms with Crippen molar-refractivity contribution in [2.75, 3.05) is 19.8 Å². The summed E-state index contributed by atoms with van der Waals surface area (Å²) in [7, 11) is 0. The highest BCUT2D eigenvalue weighted by molar-refractivity contribution is 5.69. The average molecular weight is 174 g/mol. The monoisotopic (exact) mass is 174 g/mol. The molecule has 0 aliphatic heterocycles. The summed E-state index contributed by atoms with van der Waals surface area (Å²) in [5, 5.41) is 0. The third kappa shape index (κ3) is 7.54. The van der Waals surface area contributed by atoms with Gasteiger partial charge in [-0.2, -0.15) is 0 Å². The summed E-state index contributed by atoms with van der Waals surface area (Å²) in [6.07, 6.45) is 2.47. The first-order valence-electron chi connectivity index (χ1n) is 4.54. The standard InChI is InChI=1S/C9H18O3/c1-3-5-6-9(10)12-8-7-11-4-2/h3-8H2,1-2H3. The molecule has 0 aromatic heterocycles. The molecule has 3 nitrogen and oxygen atoms in total. The normalized spacial score (nSPS) is 9.83. The van der Waals surface area contributed by atoms with Crippen molar-refractivity contribution < 1.29 is 14.3 Å². The van der Waals surface area contributed by atoms with Gasteiger partial charge in [0.25, 0.3) is 0 Å². The maximum absolute atomic E-state index is 10.9. The lowest BCUT2D eigenvalue weighted by molar-refractivity contribution is -0.145. The lowest BCUT2D eigenvalue weighted by Crippen LogP contribution is -2.10. The maximum Gasteiger partial charge on any atom is 0.305 e. The Labute approximate surface area is 74.0 Å². The zero-order chi connectivity index (χ0) is 9.23. The molecule has 0 spiro atoms. The van der Waals surface area contributed by atoms with E-state index in [1.54, 1.807) is 0 Å². The van der Waals surface area contributed by atoms with Gasteiger partial charge in [0.15, 0.2) is 0 Å². The van der Waals surface area contributed by atoms with Crippen molar-refractivity contribution in [2.24, 2.45) is 0 Å². The summed E-state index contributed by atoms with van der Waals surface area (Å²) in [6.45, 7) is 5.53. The zero-order valence-electron chi connectivity index (χ0n) is 7.97. The number of esters is 1. The molecular formula is C9H18O3. The van der Waals surface area contributed by atoms with E-state index >= 15 is 0 Å². The summed E-state index contributed by atoms with van der Waals surface area (Å²) in [4.78, 5) is 10.9. The number of ether oxygens (including phenoxy) is 2. The van der Waals surface area contributed by atoms with Crippen LogP contribution in [0.2, 0.25) is 0 Å². The van der Waals surface area contributed by atoms with Gasteiger partial charge in [0.2, 0.25) is 0 Å². The van der Waals surface area contributed by atoms with Crippen LogP contribution in [0.1, 0.15) is 33.1 Å².